The predicted molar refractivity (Wildman–Crippen MR) is 122 cm³/mol. The van der Waals surface area contributed by atoms with Crippen molar-refractivity contribution in [2.24, 2.45) is 0 Å². The first-order chi connectivity index (χ1) is 18.2. The number of ether oxygens (including phenoxy) is 1. The van der Waals surface area contributed by atoms with Crippen LogP contribution in [0.5, 0.6) is 5.75 Å². The number of aromatic nitrogens is 1. The third-order valence-electron chi connectivity index (χ3n) is 5.57. The molecule has 1 aromatic heterocycles. The average Bonchev–Trinajstić information content (AvgIpc) is 3.30. The number of methoxy groups -OCH3 is 1. The Labute approximate surface area is 213 Å². The van der Waals surface area contributed by atoms with Gasteiger partial charge in [-0.15, -0.1) is 0 Å². The van der Waals surface area contributed by atoms with Crippen LogP contribution in [0.15, 0.2) is 65.1 Å². The molecule has 39 heavy (non-hydrogen) atoms. The molecular formula is C24H14F7N3O5. The first-order valence-corrected chi connectivity index (χ1v) is 10.6. The van der Waals surface area contributed by atoms with Gasteiger partial charge in [-0.2, -0.15) is 26.3 Å². The highest BCUT2D eigenvalue weighted by Gasteiger charge is 2.73. The summed E-state index contributed by atoms with van der Waals surface area (Å²) < 4.78 is 104. The number of benzene rings is 3. The summed E-state index contributed by atoms with van der Waals surface area (Å²) in [4.78, 5) is 26.9. The molecule has 0 atom stereocenters. The van der Waals surface area contributed by atoms with E-state index in [4.69, 9.17) is 9.15 Å². The van der Waals surface area contributed by atoms with Crippen LogP contribution in [0.25, 0.3) is 22.6 Å². The number of nitrogens with one attached hydrogen (secondary N) is 1. The highest BCUT2D eigenvalue weighted by molar-refractivity contribution is 6.05. The molecule has 0 unspecified atom stereocenters. The van der Waals surface area contributed by atoms with Gasteiger partial charge in [0.1, 0.15) is 11.3 Å². The number of rotatable bonds is 6. The number of halogens is 7. The van der Waals surface area contributed by atoms with E-state index in [0.29, 0.717) is 6.07 Å². The minimum atomic E-state index is -6.31. The van der Waals surface area contributed by atoms with E-state index in [9.17, 15) is 45.6 Å². The van der Waals surface area contributed by atoms with Crippen molar-refractivity contribution in [3.05, 3.63) is 81.9 Å². The summed E-state index contributed by atoms with van der Waals surface area (Å²) in [5, 5.41) is 13.5. The fourth-order valence-corrected chi connectivity index (χ4v) is 3.66. The third-order valence-corrected chi connectivity index (χ3v) is 5.57. The Bertz CT molecular complexity index is 1570. The van der Waals surface area contributed by atoms with Crippen molar-refractivity contribution >= 4 is 28.4 Å². The summed E-state index contributed by atoms with van der Waals surface area (Å²) >= 11 is 0. The first-order valence-electron chi connectivity index (χ1n) is 10.6. The molecule has 4 rings (SSSR count). The number of fused-ring (bicyclic) bond motifs is 1. The lowest BCUT2D eigenvalue weighted by Crippen LogP contribution is -2.50. The van der Waals surface area contributed by atoms with E-state index in [0.717, 1.165) is 12.1 Å². The van der Waals surface area contributed by atoms with Gasteiger partial charge in [0.25, 0.3) is 11.6 Å². The lowest BCUT2D eigenvalue weighted by Gasteiger charge is -2.30. The number of carbonyl (C=O) groups is 1. The maximum absolute atomic E-state index is 14.5. The largest absolute Gasteiger partial charge is 0.496 e. The maximum Gasteiger partial charge on any atom is 0.435 e. The Balaban J connectivity index is 1.72. The quantitative estimate of drug-likeness (QED) is 0.156. The lowest BCUT2D eigenvalue weighted by atomic mass is 9.94. The zero-order valence-electron chi connectivity index (χ0n) is 19.4. The molecule has 0 aliphatic rings. The molecule has 0 saturated carbocycles. The lowest BCUT2D eigenvalue weighted by molar-refractivity contribution is -0.384. The van der Waals surface area contributed by atoms with Crippen LogP contribution in [0.3, 0.4) is 0 Å². The van der Waals surface area contributed by atoms with Crippen LogP contribution in [0, 0.1) is 10.1 Å². The number of hydrogen-bond acceptors (Lipinski definition) is 6. The molecule has 3 aromatic carbocycles. The number of anilines is 1. The Kier molecular flexibility index (Phi) is 6.70. The van der Waals surface area contributed by atoms with Gasteiger partial charge in [-0.3, -0.25) is 14.9 Å². The van der Waals surface area contributed by atoms with E-state index in [1.165, 1.54) is 43.5 Å². The van der Waals surface area contributed by atoms with E-state index in [-0.39, 0.29) is 45.7 Å². The van der Waals surface area contributed by atoms with Gasteiger partial charge in [-0.1, -0.05) is 12.1 Å². The Morgan fingerprint density at radius 1 is 0.974 bits per heavy atom. The van der Waals surface area contributed by atoms with Gasteiger partial charge in [0.2, 0.25) is 5.89 Å². The molecule has 1 N–H and O–H groups in total. The average molecular weight is 557 g/mol. The SMILES string of the molecule is COc1ccc(NC(=O)c2cccc([N+](=O)[O-])c2)cc1-c1nc2ccc(C(F)(C(F)(F)F)C(F)(F)F)cc2o1. The molecule has 0 spiro atoms. The number of oxazole rings is 1. The number of nitrogens with zero attached hydrogens (tertiary/aromatic N) is 2. The Morgan fingerprint density at radius 2 is 1.67 bits per heavy atom. The van der Waals surface area contributed by atoms with Gasteiger partial charge in [-0.25, -0.2) is 9.37 Å². The maximum atomic E-state index is 14.5. The minimum absolute atomic E-state index is 0.0326. The van der Waals surface area contributed by atoms with Crippen molar-refractivity contribution in [1.82, 2.24) is 4.98 Å². The molecule has 0 bridgehead atoms. The summed E-state index contributed by atoms with van der Waals surface area (Å²) in [6, 6.07) is 10.2. The van der Waals surface area contributed by atoms with Crippen LogP contribution in [-0.2, 0) is 5.67 Å². The van der Waals surface area contributed by atoms with Crippen molar-refractivity contribution in [3.63, 3.8) is 0 Å². The van der Waals surface area contributed by atoms with Gasteiger partial charge >= 0.3 is 18.0 Å². The molecule has 0 fully saturated rings. The predicted octanol–water partition coefficient (Wildman–Crippen LogP) is 6.95. The van der Waals surface area contributed by atoms with Crippen LogP contribution in [0.4, 0.5) is 42.1 Å². The Morgan fingerprint density at radius 3 is 2.28 bits per heavy atom. The van der Waals surface area contributed by atoms with Gasteiger partial charge < -0.3 is 14.5 Å². The van der Waals surface area contributed by atoms with Crippen molar-refractivity contribution in [2.75, 3.05) is 12.4 Å². The number of carbonyl (C=O) groups excluding carboxylic acids is 1. The zero-order valence-corrected chi connectivity index (χ0v) is 19.4. The highest BCUT2D eigenvalue weighted by Crippen LogP contribution is 2.53. The van der Waals surface area contributed by atoms with Crippen LogP contribution in [-0.4, -0.2) is 35.3 Å². The van der Waals surface area contributed by atoms with E-state index in [2.05, 4.69) is 10.3 Å². The molecule has 0 aliphatic heterocycles. The molecular weight excluding hydrogens is 543 g/mol. The van der Waals surface area contributed by atoms with Gasteiger partial charge in [0, 0.05) is 28.9 Å². The molecule has 8 nitrogen and oxygen atoms in total. The van der Waals surface area contributed by atoms with Gasteiger partial charge in [0.05, 0.1) is 17.6 Å². The topological polar surface area (TPSA) is 108 Å². The molecule has 0 radical (unpaired) electrons. The second-order valence-corrected chi connectivity index (χ2v) is 8.03. The number of amides is 1. The summed E-state index contributed by atoms with van der Waals surface area (Å²) in [6.07, 6.45) is -12.6. The summed E-state index contributed by atoms with van der Waals surface area (Å²) in [5.41, 5.74) is -8.39. The fourth-order valence-electron chi connectivity index (χ4n) is 3.66. The molecule has 204 valence electrons. The van der Waals surface area contributed by atoms with Crippen LogP contribution >= 0.6 is 0 Å². The summed E-state index contributed by atoms with van der Waals surface area (Å²) in [5.74, 6) is -0.954. The molecule has 1 heterocycles. The summed E-state index contributed by atoms with van der Waals surface area (Å²) in [7, 11) is 1.26. The normalized spacial score (nSPS) is 12.4. The van der Waals surface area contributed by atoms with Crippen LogP contribution in [0.1, 0.15) is 15.9 Å². The number of non-ortho nitro benzene ring substituents is 1. The van der Waals surface area contributed by atoms with Crippen molar-refractivity contribution in [3.8, 4) is 17.2 Å². The second kappa shape index (κ2) is 9.56. The first kappa shape index (κ1) is 27.3. The van der Waals surface area contributed by atoms with E-state index >= 15 is 0 Å². The highest BCUT2D eigenvalue weighted by atomic mass is 19.4. The smallest absolute Gasteiger partial charge is 0.435 e. The van der Waals surface area contributed by atoms with Crippen LogP contribution in [0.2, 0.25) is 0 Å². The number of hydrogen-bond donors (Lipinski definition) is 1. The van der Waals surface area contributed by atoms with Crippen molar-refractivity contribution in [1.29, 1.82) is 0 Å². The molecule has 1 amide bonds. The molecule has 4 aromatic rings. The number of nitro benzene ring substituents is 1. The summed E-state index contributed by atoms with van der Waals surface area (Å²) in [6.45, 7) is 0. The zero-order chi connectivity index (χ0) is 28.8. The van der Waals surface area contributed by atoms with Crippen molar-refractivity contribution < 1.29 is 49.6 Å². The van der Waals surface area contributed by atoms with E-state index in [1.54, 1.807) is 0 Å². The standard InChI is InChI=1S/C24H14F7N3O5/c1-38-18-8-6-14(32-20(35)12-3-2-4-15(9-12)34(36)37)11-16(18)21-33-17-7-5-13(10-19(17)39-21)22(25,23(26,27)28)24(29,30)31/h2-11H,1H3,(H,32,35). The molecule has 15 heteroatoms. The number of nitro groups is 1. The number of alkyl halides is 7. The third kappa shape index (κ3) is 4.94. The van der Waals surface area contributed by atoms with Crippen molar-refractivity contribution in [2.45, 2.75) is 18.0 Å². The van der Waals surface area contributed by atoms with Gasteiger partial charge in [-0.05, 0) is 36.4 Å². The fraction of sp³-hybridized carbons (Fsp3) is 0.167. The van der Waals surface area contributed by atoms with E-state index < -0.39 is 40.0 Å². The van der Waals surface area contributed by atoms with Crippen LogP contribution < -0.4 is 10.1 Å². The Hall–Kier alpha value is -4.69. The molecule has 0 saturated heterocycles. The second-order valence-electron chi connectivity index (χ2n) is 8.03. The minimum Gasteiger partial charge on any atom is -0.496 e. The van der Waals surface area contributed by atoms with E-state index in [1.807, 2.05) is 0 Å². The molecule has 0 aliphatic carbocycles. The van der Waals surface area contributed by atoms with Gasteiger partial charge in [0.15, 0.2) is 5.58 Å². The monoisotopic (exact) mass is 557 g/mol.